The van der Waals surface area contributed by atoms with E-state index in [1.54, 1.807) is 6.92 Å². The van der Waals surface area contributed by atoms with Crippen molar-refractivity contribution in [1.29, 1.82) is 0 Å². The van der Waals surface area contributed by atoms with E-state index < -0.39 is 54.0 Å². The third-order valence-corrected chi connectivity index (χ3v) is 7.65. The van der Waals surface area contributed by atoms with Gasteiger partial charge in [0.05, 0.1) is 25.2 Å². The number of rotatable bonds is 30. The molecule has 0 aliphatic rings. The van der Waals surface area contributed by atoms with Crippen molar-refractivity contribution in [3.8, 4) is 0 Å². The second kappa shape index (κ2) is 34.9. The number of carboxylic acid groups (broad SMARTS) is 2. The summed E-state index contributed by atoms with van der Waals surface area (Å²) in [5.41, 5.74) is 0. The highest BCUT2D eigenvalue weighted by molar-refractivity contribution is 9.09. The molecule has 0 fully saturated rings. The third-order valence-electron chi connectivity index (χ3n) is 6.65. The lowest BCUT2D eigenvalue weighted by Crippen LogP contribution is -2.52. The van der Waals surface area contributed by atoms with Crippen molar-refractivity contribution in [2.75, 3.05) is 82.8 Å². The number of hydrogen-bond acceptors (Lipinski definition) is 11. The number of halogens is 3. The van der Waals surface area contributed by atoms with Crippen LogP contribution in [0.4, 0.5) is 0 Å². The van der Waals surface area contributed by atoms with Crippen LogP contribution in [0.1, 0.15) is 45.4 Å². The molecular weight excluding hydrogens is 829 g/mol. The van der Waals surface area contributed by atoms with Crippen LogP contribution in [0.5, 0.6) is 0 Å². The van der Waals surface area contributed by atoms with E-state index in [9.17, 15) is 43.5 Å². The van der Waals surface area contributed by atoms with Gasteiger partial charge in [-0.2, -0.15) is 0 Å². The molecule has 0 rings (SSSR count). The first-order chi connectivity index (χ1) is 25.7. The lowest BCUT2D eigenvalue weighted by atomic mass is 10.1. The molecule has 8 N–H and O–H groups in total. The van der Waals surface area contributed by atoms with Crippen LogP contribution in [0, 0.1) is 0 Å². The van der Waals surface area contributed by atoms with Gasteiger partial charge in [-0.15, -0.1) is 23.2 Å². The van der Waals surface area contributed by atoms with Gasteiger partial charge in [-0.1, -0.05) is 15.9 Å². The second-order valence-electron chi connectivity index (χ2n) is 11.1. The first-order valence-electron chi connectivity index (χ1n) is 16.8. The van der Waals surface area contributed by atoms with Gasteiger partial charge in [0.1, 0.15) is 24.4 Å². The Kier molecular flexibility index (Phi) is 33.9. The molecule has 7 amide bonds. The van der Waals surface area contributed by atoms with E-state index in [0.717, 1.165) is 0 Å². The van der Waals surface area contributed by atoms with Crippen molar-refractivity contribution in [2.45, 2.75) is 57.5 Å². The Morgan fingerprint density at radius 1 is 0.704 bits per heavy atom. The highest BCUT2D eigenvalue weighted by atomic mass is 79.9. The zero-order chi connectivity index (χ0) is 41.1. The fourth-order valence-corrected chi connectivity index (χ4v) is 4.48. The van der Waals surface area contributed by atoms with E-state index in [0.29, 0.717) is 19.5 Å². The Labute approximate surface area is 331 Å². The predicted octanol–water partition coefficient (Wildman–Crippen LogP) is -1.70. The summed E-state index contributed by atoms with van der Waals surface area (Å²) in [6.45, 7) is 2.51. The summed E-state index contributed by atoms with van der Waals surface area (Å²) in [7, 11) is 0. The largest absolute Gasteiger partial charge is 0.483 e. The van der Waals surface area contributed by atoms with Gasteiger partial charge in [0.2, 0.25) is 41.4 Å². The number of ether oxygens (including phenoxy) is 2. The molecule has 0 bridgehead atoms. The van der Waals surface area contributed by atoms with Crippen LogP contribution >= 0.6 is 39.1 Å². The van der Waals surface area contributed by atoms with Crippen molar-refractivity contribution in [3.63, 3.8) is 0 Å². The minimum absolute atomic E-state index is 0.00478. The molecule has 0 aliphatic carbocycles. The number of nitrogens with zero attached hydrogens (tertiary/aromatic N) is 1. The molecule has 0 saturated heterocycles. The normalized spacial score (nSPS) is 11.3. The third kappa shape index (κ3) is 31.7. The SMILES string of the molecule is CC(CCC(=O)NC(CCC(=O)O)C(=O)N(CCNC(=O)CCl)CCNC(=O)CCl)NC(=O)COCCOCCNC(=O)CCCNC(=O)CBr.O=CO. The van der Waals surface area contributed by atoms with Crippen molar-refractivity contribution >= 4 is 92.9 Å². The number of hydrogen-bond donors (Lipinski definition) is 8. The summed E-state index contributed by atoms with van der Waals surface area (Å²) in [5, 5.41) is 31.9. The number of amides is 7. The zero-order valence-corrected chi connectivity index (χ0v) is 33.2. The van der Waals surface area contributed by atoms with Crippen molar-refractivity contribution in [3.05, 3.63) is 0 Å². The quantitative estimate of drug-likeness (QED) is 0.0227. The van der Waals surface area contributed by atoms with Crippen LogP contribution in [0.25, 0.3) is 0 Å². The number of carbonyl (C=O) groups excluding carboxylic acids is 7. The summed E-state index contributed by atoms with van der Waals surface area (Å²) < 4.78 is 10.7. The lowest BCUT2D eigenvalue weighted by Gasteiger charge is -2.28. The summed E-state index contributed by atoms with van der Waals surface area (Å²) >= 11 is 14.0. The van der Waals surface area contributed by atoms with Gasteiger partial charge >= 0.3 is 5.97 Å². The average molecular weight is 882 g/mol. The molecule has 0 saturated carbocycles. The molecule has 0 spiro atoms. The minimum atomic E-state index is -1.21. The van der Waals surface area contributed by atoms with Gasteiger partial charge in [-0.05, 0) is 26.2 Å². The van der Waals surface area contributed by atoms with E-state index in [1.165, 1.54) is 4.90 Å². The van der Waals surface area contributed by atoms with Crippen LogP contribution in [-0.4, -0.2) is 164 Å². The summed E-state index contributed by atoms with van der Waals surface area (Å²) in [6, 6.07) is -1.64. The topological polar surface area (TPSA) is 288 Å². The highest BCUT2D eigenvalue weighted by Crippen LogP contribution is 2.06. The van der Waals surface area contributed by atoms with Gasteiger partial charge in [-0.3, -0.25) is 43.2 Å². The summed E-state index contributed by atoms with van der Waals surface area (Å²) in [6.07, 6.45) is 0.285. The number of aliphatic carboxylic acids is 1. The molecule has 0 aliphatic heterocycles. The van der Waals surface area contributed by atoms with Crippen LogP contribution in [0.2, 0.25) is 0 Å². The predicted molar refractivity (Wildman–Crippen MR) is 199 cm³/mol. The molecule has 0 aromatic heterocycles. The Morgan fingerprint density at radius 3 is 1.81 bits per heavy atom. The zero-order valence-electron chi connectivity index (χ0n) is 30.1. The van der Waals surface area contributed by atoms with Gasteiger partial charge in [0.25, 0.3) is 6.47 Å². The van der Waals surface area contributed by atoms with Gasteiger partial charge in [-0.25, -0.2) is 0 Å². The molecule has 310 valence electrons. The smallest absolute Gasteiger partial charge is 0.303 e. The maximum atomic E-state index is 13.4. The molecule has 0 aromatic carbocycles. The first kappa shape index (κ1) is 52.3. The maximum absolute atomic E-state index is 13.4. The minimum Gasteiger partial charge on any atom is -0.483 e. The molecule has 2 atom stereocenters. The Balaban J connectivity index is 0. The first-order valence-corrected chi connectivity index (χ1v) is 19.0. The molecule has 0 aromatic rings. The van der Waals surface area contributed by atoms with Gasteiger partial charge in [0, 0.05) is 64.6 Å². The van der Waals surface area contributed by atoms with Gasteiger partial charge in [0.15, 0.2) is 0 Å². The monoisotopic (exact) mass is 879 g/mol. The lowest BCUT2D eigenvalue weighted by molar-refractivity contribution is -0.140. The van der Waals surface area contributed by atoms with Crippen molar-refractivity contribution in [2.24, 2.45) is 0 Å². The molecule has 2 unspecified atom stereocenters. The molecular formula is C31H52BrCl2N7O13. The number of carboxylic acids is 1. The van der Waals surface area contributed by atoms with Crippen LogP contribution in [-0.2, 0) is 52.6 Å². The molecule has 23 heteroatoms. The van der Waals surface area contributed by atoms with Crippen LogP contribution < -0.4 is 31.9 Å². The second-order valence-corrected chi connectivity index (χ2v) is 12.2. The Hall–Kier alpha value is -3.79. The summed E-state index contributed by atoms with van der Waals surface area (Å²) in [4.78, 5) is 105. The highest BCUT2D eigenvalue weighted by Gasteiger charge is 2.27. The van der Waals surface area contributed by atoms with Crippen LogP contribution in [0.3, 0.4) is 0 Å². The standard InChI is InChI=1S/C30H50BrCl2N7O11.CH2O2/c1-21(38-28(46)20-51-16-15-50-14-11-37-23(41)3-2-8-34-25(43)17-31)4-6-24(42)39-22(5-7-29(47)48)30(49)40(12-9-35-26(44)18-32)13-10-36-27(45)19-33;2-1-3/h21-22H,2-20H2,1H3,(H,34,43)(H,35,44)(H,36,45)(H,37,41)(H,38,46)(H,39,42)(H,47,48);1H,(H,2,3). The fourth-order valence-electron chi connectivity index (χ4n) is 4.10. The average Bonchev–Trinajstić information content (AvgIpc) is 3.14. The number of carbonyl (C=O) groups is 9. The van der Waals surface area contributed by atoms with Crippen molar-refractivity contribution < 1.29 is 62.8 Å². The summed E-state index contributed by atoms with van der Waals surface area (Å²) in [5.74, 6) is -4.55. The Bertz CT molecular complexity index is 1150. The van der Waals surface area contributed by atoms with E-state index in [1.807, 2.05) is 0 Å². The van der Waals surface area contributed by atoms with E-state index in [2.05, 4.69) is 47.8 Å². The van der Waals surface area contributed by atoms with E-state index in [-0.39, 0.29) is 114 Å². The molecule has 54 heavy (non-hydrogen) atoms. The molecule has 0 radical (unpaired) electrons. The molecule has 0 heterocycles. The molecule has 20 nitrogen and oxygen atoms in total. The van der Waals surface area contributed by atoms with E-state index in [4.69, 9.17) is 42.6 Å². The van der Waals surface area contributed by atoms with E-state index >= 15 is 0 Å². The Morgan fingerprint density at radius 2 is 1.26 bits per heavy atom. The van der Waals surface area contributed by atoms with Gasteiger partial charge < -0.3 is 56.5 Å². The van der Waals surface area contributed by atoms with Crippen molar-refractivity contribution in [1.82, 2.24) is 36.8 Å². The maximum Gasteiger partial charge on any atom is 0.303 e. The van der Waals surface area contributed by atoms with Crippen LogP contribution in [0.15, 0.2) is 0 Å². The number of nitrogens with one attached hydrogen (secondary N) is 6. The fraction of sp³-hybridized carbons (Fsp3) is 0.710. The number of alkyl halides is 3.